The summed E-state index contributed by atoms with van der Waals surface area (Å²) in [4.78, 5) is 41.4. The predicted octanol–water partition coefficient (Wildman–Crippen LogP) is 3.52. The van der Waals surface area contributed by atoms with Crippen molar-refractivity contribution in [3.05, 3.63) is 34.9 Å². The van der Waals surface area contributed by atoms with Gasteiger partial charge in [0.05, 0.1) is 0 Å². The molecule has 0 aliphatic carbocycles. The highest BCUT2D eigenvalue weighted by molar-refractivity contribution is 5.98. The topological polar surface area (TPSA) is 57.7 Å². The van der Waals surface area contributed by atoms with Crippen molar-refractivity contribution in [1.82, 2.24) is 9.80 Å². The SMILES string of the molecule is Cc1ccc(C(=O)CCC(=O)N2CCC(C(=O)N3CCCCC3)CC2)cc1C. The summed E-state index contributed by atoms with van der Waals surface area (Å²) < 4.78 is 0. The average Bonchev–Trinajstić information content (AvgIpc) is 2.74. The first-order valence-electron chi connectivity index (χ1n) is 10.6. The fraction of sp³-hybridized carbons (Fsp3) is 0.609. The average molecular weight is 385 g/mol. The van der Waals surface area contributed by atoms with Crippen LogP contribution < -0.4 is 0 Å². The Morgan fingerprint density at radius 2 is 1.54 bits per heavy atom. The minimum Gasteiger partial charge on any atom is -0.343 e. The number of hydrogen-bond acceptors (Lipinski definition) is 3. The summed E-state index contributed by atoms with van der Waals surface area (Å²) in [6.45, 7) is 7.04. The lowest BCUT2D eigenvalue weighted by molar-refractivity contribution is -0.141. The Balaban J connectivity index is 1.44. The van der Waals surface area contributed by atoms with Gasteiger partial charge in [0.15, 0.2) is 5.78 Å². The number of benzene rings is 1. The maximum atomic E-state index is 12.6. The fourth-order valence-corrected chi connectivity index (χ4v) is 4.19. The highest BCUT2D eigenvalue weighted by atomic mass is 16.2. The Kier molecular flexibility index (Phi) is 6.87. The molecule has 0 unspecified atom stereocenters. The quantitative estimate of drug-likeness (QED) is 0.730. The molecule has 2 fully saturated rings. The van der Waals surface area contributed by atoms with E-state index < -0.39 is 0 Å². The van der Waals surface area contributed by atoms with Crippen LogP contribution in [0, 0.1) is 19.8 Å². The lowest BCUT2D eigenvalue weighted by atomic mass is 9.94. The molecule has 2 heterocycles. The van der Waals surface area contributed by atoms with E-state index >= 15 is 0 Å². The fourth-order valence-electron chi connectivity index (χ4n) is 4.19. The van der Waals surface area contributed by atoms with Crippen LogP contribution in [0.2, 0.25) is 0 Å². The summed E-state index contributed by atoms with van der Waals surface area (Å²) in [5.74, 6) is 0.378. The van der Waals surface area contributed by atoms with Crippen LogP contribution in [-0.2, 0) is 9.59 Å². The number of rotatable bonds is 5. The smallest absolute Gasteiger partial charge is 0.225 e. The van der Waals surface area contributed by atoms with Gasteiger partial charge in [-0.05, 0) is 63.1 Å². The van der Waals surface area contributed by atoms with E-state index in [2.05, 4.69) is 0 Å². The molecule has 28 heavy (non-hydrogen) atoms. The van der Waals surface area contributed by atoms with Crippen molar-refractivity contribution in [3.63, 3.8) is 0 Å². The van der Waals surface area contributed by atoms with Gasteiger partial charge in [-0.25, -0.2) is 0 Å². The van der Waals surface area contributed by atoms with E-state index in [1.165, 1.54) is 6.42 Å². The van der Waals surface area contributed by atoms with Crippen LogP contribution in [0.5, 0.6) is 0 Å². The van der Waals surface area contributed by atoms with E-state index in [1.807, 2.05) is 41.8 Å². The number of amides is 2. The molecule has 3 rings (SSSR count). The van der Waals surface area contributed by atoms with Crippen LogP contribution in [0.25, 0.3) is 0 Å². The summed E-state index contributed by atoms with van der Waals surface area (Å²) in [6.07, 6.45) is 5.41. The predicted molar refractivity (Wildman–Crippen MR) is 109 cm³/mol. The van der Waals surface area contributed by atoms with Gasteiger partial charge in [-0.3, -0.25) is 14.4 Å². The highest BCUT2D eigenvalue weighted by Gasteiger charge is 2.30. The molecule has 0 radical (unpaired) electrons. The zero-order chi connectivity index (χ0) is 20.1. The molecule has 0 bridgehead atoms. The third kappa shape index (κ3) is 5.00. The first-order chi connectivity index (χ1) is 13.5. The van der Waals surface area contributed by atoms with Gasteiger partial charge in [0.2, 0.25) is 11.8 Å². The molecule has 2 amide bonds. The van der Waals surface area contributed by atoms with E-state index in [-0.39, 0.29) is 36.4 Å². The third-order valence-electron chi connectivity index (χ3n) is 6.26. The van der Waals surface area contributed by atoms with Crippen LogP contribution in [0.4, 0.5) is 0 Å². The summed E-state index contributed by atoms with van der Waals surface area (Å²) in [7, 11) is 0. The molecule has 0 aromatic heterocycles. The first-order valence-corrected chi connectivity index (χ1v) is 10.6. The molecular formula is C23H32N2O3. The molecule has 1 aromatic carbocycles. The molecule has 0 N–H and O–H groups in total. The van der Waals surface area contributed by atoms with Gasteiger partial charge in [-0.2, -0.15) is 0 Å². The van der Waals surface area contributed by atoms with Gasteiger partial charge in [0, 0.05) is 50.5 Å². The standard InChI is InChI=1S/C23H32N2O3/c1-17-6-7-20(16-18(17)2)21(26)8-9-22(27)24-14-10-19(11-15-24)23(28)25-12-4-3-5-13-25/h6-7,16,19H,3-5,8-15H2,1-2H3. The third-order valence-corrected chi connectivity index (χ3v) is 6.26. The zero-order valence-corrected chi connectivity index (χ0v) is 17.2. The monoisotopic (exact) mass is 384 g/mol. The molecule has 0 atom stereocenters. The lowest BCUT2D eigenvalue weighted by Crippen LogP contribution is -2.45. The van der Waals surface area contributed by atoms with Crippen LogP contribution in [0.15, 0.2) is 18.2 Å². The van der Waals surface area contributed by atoms with E-state index in [0.29, 0.717) is 18.7 Å². The molecule has 0 spiro atoms. The molecule has 152 valence electrons. The van der Waals surface area contributed by atoms with Crippen LogP contribution in [0.1, 0.15) is 66.4 Å². The second-order valence-corrected chi connectivity index (χ2v) is 8.26. The van der Waals surface area contributed by atoms with Gasteiger partial charge in [-0.15, -0.1) is 0 Å². The van der Waals surface area contributed by atoms with Gasteiger partial charge in [0.25, 0.3) is 0 Å². The maximum absolute atomic E-state index is 12.6. The number of hydrogen-bond donors (Lipinski definition) is 0. The van der Waals surface area contributed by atoms with Gasteiger partial charge in [-0.1, -0.05) is 12.1 Å². The molecule has 1 aromatic rings. The maximum Gasteiger partial charge on any atom is 0.225 e. The molecule has 2 saturated heterocycles. The second kappa shape index (κ2) is 9.35. The van der Waals surface area contributed by atoms with Gasteiger partial charge < -0.3 is 9.80 Å². The van der Waals surface area contributed by atoms with Crippen molar-refractivity contribution >= 4 is 17.6 Å². The van der Waals surface area contributed by atoms with Gasteiger partial charge in [0.1, 0.15) is 0 Å². The highest BCUT2D eigenvalue weighted by Crippen LogP contribution is 2.23. The van der Waals surface area contributed by atoms with Crippen LogP contribution in [-0.4, -0.2) is 53.6 Å². The first kappa shape index (κ1) is 20.6. The Bertz CT molecular complexity index is 729. The number of Topliss-reactive ketones (excluding diaryl/α,β-unsaturated/α-hetero) is 1. The number of piperidine rings is 2. The minimum absolute atomic E-state index is 0.0200. The van der Waals surface area contributed by atoms with Gasteiger partial charge >= 0.3 is 0 Å². The number of nitrogens with zero attached hydrogens (tertiary/aromatic N) is 2. The molecular weight excluding hydrogens is 352 g/mol. The Hall–Kier alpha value is -2.17. The number of likely N-dealkylation sites (tertiary alicyclic amines) is 2. The van der Waals surface area contributed by atoms with E-state index in [4.69, 9.17) is 0 Å². The number of carbonyl (C=O) groups is 3. The Labute approximate surface area is 168 Å². The molecule has 2 aliphatic rings. The number of carbonyl (C=O) groups excluding carboxylic acids is 3. The van der Waals surface area contributed by atoms with Crippen molar-refractivity contribution in [2.75, 3.05) is 26.2 Å². The molecule has 0 saturated carbocycles. The van der Waals surface area contributed by atoms with Crippen molar-refractivity contribution in [2.24, 2.45) is 5.92 Å². The second-order valence-electron chi connectivity index (χ2n) is 8.26. The Morgan fingerprint density at radius 3 is 2.18 bits per heavy atom. The van der Waals surface area contributed by atoms with Crippen molar-refractivity contribution < 1.29 is 14.4 Å². The number of ketones is 1. The number of aryl methyl sites for hydroxylation is 2. The van der Waals surface area contributed by atoms with Crippen LogP contribution in [0.3, 0.4) is 0 Å². The van der Waals surface area contributed by atoms with E-state index in [0.717, 1.165) is 49.9 Å². The van der Waals surface area contributed by atoms with E-state index in [9.17, 15) is 14.4 Å². The van der Waals surface area contributed by atoms with Crippen molar-refractivity contribution in [3.8, 4) is 0 Å². The Morgan fingerprint density at radius 1 is 0.857 bits per heavy atom. The summed E-state index contributed by atoms with van der Waals surface area (Å²) in [5.41, 5.74) is 2.94. The van der Waals surface area contributed by atoms with Crippen LogP contribution >= 0.6 is 0 Å². The van der Waals surface area contributed by atoms with Crippen molar-refractivity contribution in [2.45, 2.75) is 58.8 Å². The normalized spacial score (nSPS) is 18.2. The molecule has 5 nitrogen and oxygen atoms in total. The molecule has 5 heteroatoms. The lowest BCUT2D eigenvalue weighted by Gasteiger charge is -2.35. The minimum atomic E-state index is 0.0200. The largest absolute Gasteiger partial charge is 0.343 e. The summed E-state index contributed by atoms with van der Waals surface area (Å²) in [5, 5.41) is 0. The van der Waals surface area contributed by atoms with E-state index in [1.54, 1.807) is 0 Å². The van der Waals surface area contributed by atoms with Crippen molar-refractivity contribution in [1.29, 1.82) is 0 Å². The summed E-state index contributed by atoms with van der Waals surface area (Å²) in [6, 6.07) is 5.70. The zero-order valence-electron chi connectivity index (χ0n) is 17.2. The molecule has 2 aliphatic heterocycles. The summed E-state index contributed by atoms with van der Waals surface area (Å²) >= 11 is 0.